The number of hydrogen-bond acceptors (Lipinski definition) is 3. The molecule has 3 heteroatoms. The van der Waals surface area contributed by atoms with Crippen molar-refractivity contribution in [1.82, 2.24) is 0 Å². The second kappa shape index (κ2) is 7.09. The third-order valence-corrected chi connectivity index (χ3v) is 2.05. The average Bonchev–Trinajstić information content (AvgIpc) is 1.89. The van der Waals surface area contributed by atoms with Gasteiger partial charge in [-0.25, -0.2) is 0 Å². The van der Waals surface area contributed by atoms with Gasteiger partial charge < -0.3 is 5.11 Å². The molecular formula is C7H15NOS. The second-order valence-corrected chi connectivity index (χ2v) is 3.38. The van der Waals surface area contributed by atoms with Crippen LogP contribution in [0.5, 0.6) is 0 Å². The van der Waals surface area contributed by atoms with Gasteiger partial charge in [-0.15, -0.1) is 0 Å². The predicted molar refractivity (Wildman–Crippen MR) is 47.8 cm³/mol. The van der Waals surface area contributed by atoms with Crippen LogP contribution in [0.4, 0.5) is 0 Å². The fourth-order valence-corrected chi connectivity index (χ4v) is 1.29. The number of aliphatic hydroxyl groups excluding tert-OH is 1. The van der Waals surface area contributed by atoms with Gasteiger partial charge >= 0.3 is 0 Å². The first-order valence-corrected chi connectivity index (χ1v) is 4.65. The largest absolute Gasteiger partial charge is 0.375 e. The fourth-order valence-electron chi connectivity index (χ4n) is 0.564. The molecule has 60 valence electrons. The van der Waals surface area contributed by atoms with E-state index in [0.717, 1.165) is 23.6 Å². The van der Waals surface area contributed by atoms with E-state index in [4.69, 9.17) is 5.11 Å². The van der Waals surface area contributed by atoms with Crippen LogP contribution in [-0.4, -0.2) is 29.1 Å². The second-order valence-electron chi connectivity index (χ2n) is 1.98. The molecule has 0 saturated heterocycles. The average molecular weight is 161 g/mol. The molecule has 0 rings (SSSR count). The first kappa shape index (κ1) is 9.98. The van der Waals surface area contributed by atoms with Crippen molar-refractivity contribution in [2.45, 2.75) is 20.3 Å². The van der Waals surface area contributed by atoms with E-state index in [1.54, 1.807) is 0 Å². The highest BCUT2D eigenvalue weighted by Crippen LogP contribution is 2.01. The summed E-state index contributed by atoms with van der Waals surface area (Å²) in [5.74, 6) is 2.28. The molecule has 0 bridgehead atoms. The van der Waals surface area contributed by atoms with Gasteiger partial charge in [-0.1, -0.05) is 6.92 Å². The van der Waals surface area contributed by atoms with Crippen LogP contribution in [-0.2, 0) is 0 Å². The van der Waals surface area contributed by atoms with Crippen molar-refractivity contribution in [3.8, 4) is 0 Å². The third kappa shape index (κ3) is 6.11. The zero-order valence-corrected chi connectivity index (χ0v) is 7.45. The lowest BCUT2D eigenvalue weighted by Gasteiger charge is -1.97. The molecule has 0 radical (unpaired) electrons. The minimum absolute atomic E-state index is 0.0668. The molecule has 0 aromatic heterocycles. The molecule has 0 saturated carbocycles. The van der Waals surface area contributed by atoms with E-state index in [1.807, 2.05) is 18.7 Å². The smallest absolute Gasteiger partial charge is 0.134 e. The normalized spacial score (nSPS) is 12.1. The Morgan fingerprint density at radius 3 is 2.80 bits per heavy atom. The first-order valence-electron chi connectivity index (χ1n) is 3.49. The number of aliphatic hydroxyl groups is 1. The lowest BCUT2D eigenvalue weighted by atomic mass is 10.3. The number of nitrogens with zero attached hydrogens (tertiary/aromatic N) is 1. The highest BCUT2D eigenvalue weighted by Gasteiger charge is 1.89. The summed E-state index contributed by atoms with van der Waals surface area (Å²) in [5, 5.41) is 8.40. The standard InChI is InChI=1S/C7H15NOS/c1-3-10-5-4-7(2)8-6-9/h9H,3-6H2,1-2H3/b8-7+. The number of thioether (sulfide) groups is 1. The summed E-state index contributed by atoms with van der Waals surface area (Å²) in [7, 11) is 0. The van der Waals surface area contributed by atoms with Gasteiger partial charge in [0.2, 0.25) is 0 Å². The summed E-state index contributed by atoms with van der Waals surface area (Å²) in [4.78, 5) is 3.86. The molecule has 0 aliphatic rings. The summed E-state index contributed by atoms with van der Waals surface area (Å²) < 4.78 is 0. The summed E-state index contributed by atoms with van der Waals surface area (Å²) in [6.07, 6.45) is 0.999. The summed E-state index contributed by atoms with van der Waals surface area (Å²) in [5.41, 5.74) is 1.04. The highest BCUT2D eigenvalue weighted by atomic mass is 32.2. The molecule has 0 fully saturated rings. The SMILES string of the molecule is CCSCC/C(C)=N/CO. The Hall–Kier alpha value is -0.0200. The van der Waals surface area contributed by atoms with Gasteiger partial charge in [-0.3, -0.25) is 4.99 Å². The van der Waals surface area contributed by atoms with Crippen molar-refractivity contribution in [2.24, 2.45) is 4.99 Å². The Labute approximate surface area is 66.7 Å². The van der Waals surface area contributed by atoms with E-state index < -0.39 is 0 Å². The van der Waals surface area contributed by atoms with Gasteiger partial charge in [0, 0.05) is 5.71 Å². The molecule has 0 atom stereocenters. The molecule has 0 heterocycles. The summed E-state index contributed by atoms with van der Waals surface area (Å²) in [6.45, 7) is 4.03. The van der Waals surface area contributed by atoms with Crippen molar-refractivity contribution in [3.05, 3.63) is 0 Å². The molecule has 1 N–H and O–H groups in total. The maximum atomic E-state index is 8.40. The highest BCUT2D eigenvalue weighted by molar-refractivity contribution is 7.99. The molecule has 0 aliphatic heterocycles. The van der Waals surface area contributed by atoms with Crippen LogP contribution >= 0.6 is 11.8 Å². The van der Waals surface area contributed by atoms with Crippen LogP contribution in [0.25, 0.3) is 0 Å². The van der Waals surface area contributed by atoms with Crippen LogP contribution in [0, 0.1) is 0 Å². The minimum atomic E-state index is -0.0668. The van der Waals surface area contributed by atoms with Gasteiger partial charge in [-0.05, 0) is 24.9 Å². The number of hydrogen-bond donors (Lipinski definition) is 1. The minimum Gasteiger partial charge on any atom is -0.375 e. The topological polar surface area (TPSA) is 32.6 Å². The van der Waals surface area contributed by atoms with Crippen LogP contribution in [0.15, 0.2) is 4.99 Å². The van der Waals surface area contributed by atoms with Crippen LogP contribution < -0.4 is 0 Å². The quantitative estimate of drug-likeness (QED) is 0.490. The molecule has 2 nitrogen and oxygen atoms in total. The van der Waals surface area contributed by atoms with E-state index in [2.05, 4.69) is 11.9 Å². The van der Waals surface area contributed by atoms with Crippen LogP contribution in [0.1, 0.15) is 20.3 Å². The van der Waals surface area contributed by atoms with E-state index >= 15 is 0 Å². The van der Waals surface area contributed by atoms with Gasteiger partial charge in [0.1, 0.15) is 6.73 Å². The molecule has 0 unspecified atom stereocenters. The monoisotopic (exact) mass is 161 g/mol. The van der Waals surface area contributed by atoms with Crippen molar-refractivity contribution in [1.29, 1.82) is 0 Å². The van der Waals surface area contributed by atoms with Gasteiger partial charge in [0.05, 0.1) is 0 Å². The maximum Gasteiger partial charge on any atom is 0.134 e. The third-order valence-electron chi connectivity index (χ3n) is 1.15. The molecule has 10 heavy (non-hydrogen) atoms. The Morgan fingerprint density at radius 2 is 2.30 bits per heavy atom. The molecule has 0 aromatic carbocycles. The Balaban J connectivity index is 3.21. The predicted octanol–water partition coefficient (Wildman–Crippen LogP) is 1.54. The van der Waals surface area contributed by atoms with Crippen LogP contribution in [0.3, 0.4) is 0 Å². The molecule has 0 amide bonds. The van der Waals surface area contributed by atoms with Gasteiger partial charge in [0.15, 0.2) is 0 Å². The Bertz CT molecular complexity index is 104. The number of rotatable bonds is 5. The summed E-state index contributed by atoms with van der Waals surface area (Å²) in [6, 6.07) is 0. The lowest BCUT2D eigenvalue weighted by molar-refractivity contribution is 0.309. The Kier molecular flexibility index (Phi) is 7.08. The number of aliphatic imine (C=N–C) groups is 1. The molecular weight excluding hydrogens is 146 g/mol. The molecule has 0 spiro atoms. The molecule has 0 aromatic rings. The van der Waals surface area contributed by atoms with E-state index in [1.165, 1.54) is 0 Å². The zero-order chi connectivity index (χ0) is 7.82. The lowest BCUT2D eigenvalue weighted by Crippen LogP contribution is -1.95. The maximum absolute atomic E-state index is 8.40. The van der Waals surface area contributed by atoms with Gasteiger partial charge in [-0.2, -0.15) is 11.8 Å². The van der Waals surface area contributed by atoms with Crippen LogP contribution in [0.2, 0.25) is 0 Å². The van der Waals surface area contributed by atoms with Gasteiger partial charge in [0.25, 0.3) is 0 Å². The zero-order valence-electron chi connectivity index (χ0n) is 6.63. The van der Waals surface area contributed by atoms with E-state index in [-0.39, 0.29) is 6.73 Å². The summed E-state index contributed by atoms with van der Waals surface area (Å²) >= 11 is 1.90. The van der Waals surface area contributed by atoms with E-state index in [0.29, 0.717) is 0 Å². The van der Waals surface area contributed by atoms with Crippen molar-refractivity contribution in [3.63, 3.8) is 0 Å². The molecule has 0 aliphatic carbocycles. The fraction of sp³-hybridized carbons (Fsp3) is 0.857. The van der Waals surface area contributed by atoms with Crippen molar-refractivity contribution in [2.75, 3.05) is 18.2 Å². The van der Waals surface area contributed by atoms with E-state index in [9.17, 15) is 0 Å². The Morgan fingerprint density at radius 1 is 1.60 bits per heavy atom. The van der Waals surface area contributed by atoms with Crippen molar-refractivity contribution < 1.29 is 5.11 Å². The first-order chi connectivity index (χ1) is 4.81. The van der Waals surface area contributed by atoms with Crippen molar-refractivity contribution >= 4 is 17.5 Å².